The molecule has 0 aliphatic heterocycles. The summed E-state index contributed by atoms with van der Waals surface area (Å²) in [6.45, 7) is 3.55. The molecule has 41 heavy (non-hydrogen) atoms. The number of hydrogen-bond acceptors (Lipinski definition) is 11. The van der Waals surface area contributed by atoms with Crippen molar-refractivity contribution in [1.29, 1.82) is 0 Å². The first kappa shape index (κ1) is 33.0. The van der Waals surface area contributed by atoms with Crippen LogP contribution in [0.4, 0.5) is 0 Å². The van der Waals surface area contributed by atoms with E-state index >= 15 is 0 Å². The number of nitrogens with zero attached hydrogens (tertiary/aromatic N) is 2. The maximum absolute atomic E-state index is 11.8. The molecule has 2 aromatic heterocycles. The van der Waals surface area contributed by atoms with E-state index in [0.717, 1.165) is 11.3 Å². The Kier molecular flexibility index (Phi) is 13.0. The van der Waals surface area contributed by atoms with Crippen molar-refractivity contribution >= 4 is 27.9 Å². The SMILES string of the molecule is C.CCOC(=O)c1oc(-c2ccc(OC)cc2)nc1CBr.CCOC(=O)c1oc(-c2ccc(OC)cc2)nc1CO. The summed E-state index contributed by atoms with van der Waals surface area (Å²) in [5, 5.41) is 9.65. The molecule has 12 heteroatoms. The number of benzene rings is 2. The van der Waals surface area contributed by atoms with Crippen LogP contribution in [0.15, 0.2) is 57.4 Å². The Morgan fingerprint density at radius 3 is 1.49 bits per heavy atom. The molecule has 1 N–H and O–H groups in total. The first-order chi connectivity index (χ1) is 19.4. The van der Waals surface area contributed by atoms with Crippen molar-refractivity contribution in [3.05, 3.63) is 71.4 Å². The summed E-state index contributed by atoms with van der Waals surface area (Å²) in [7, 11) is 3.17. The number of hydrogen-bond donors (Lipinski definition) is 1. The highest BCUT2D eigenvalue weighted by molar-refractivity contribution is 9.08. The first-order valence-electron chi connectivity index (χ1n) is 12.2. The number of halogens is 1. The Hall–Kier alpha value is -4.16. The lowest BCUT2D eigenvalue weighted by molar-refractivity contribution is 0.0479. The lowest BCUT2D eigenvalue weighted by atomic mass is 10.2. The molecule has 0 unspecified atom stereocenters. The summed E-state index contributed by atoms with van der Waals surface area (Å²) in [5.74, 6) is 0.998. The Bertz CT molecular complexity index is 1290. The van der Waals surface area contributed by atoms with Crippen molar-refractivity contribution in [3.8, 4) is 34.4 Å². The van der Waals surface area contributed by atoms with E-state index in [-0.39, 0.29) is 37.1 Å². The zero-order valence-corrected chi connectivity index (χ0v) is 24.0. The fourth-order valence-electron chi connectivity index (χ4n) is 3.33. The molecule has 4 aromatic rings. The number of aliphatic hydroxyl groups excluding tert-OH is 1. The van der Waals surface area contributed by atoms with Gasteiger partial charge in [-0.2, -0.15) is 0 Å². The van der Waals surface area contributed by atoms with E-state index in [1.54, 1.807) is 64.5 Å². The fraction of sp³-hybridized carbons (Fsp3) is 0.310. The van der Waals surface area contributed by atoms with Gasteiger partial charge < -0.3 is 32.9 Å². The average molecular weight is 633 g/mol. The largest absolute Gasteiger partial charge is 0.497 e. The predicted octanol–water partition coefficient (Wildman–Crippen LogP) is 6.08. The lowest BCUT2D eigenvalue weighted by Gasteiger charge is -2.00. The Morgan fingerprint density at radius 1 is 0.756 bits per heavy atom. The molecule has 0 radical (unpaired) electrons. The first-order valence-corrected chi connectivity index (χ1v) is 13.3. The maximum Gasteiger partial charge on any atom is 0.376 e. The number of methoxy groups -OCH3 is 2. The van der Waals surface area contributed by atoms with Crippen LogP contribution in [0.25, 0.3) is 22.9 Å². The van der Waals surface area contributed by atoms with Gasteiger partial charge in [0.25, 0.3) is 0 Å². The smallest absolute Gasteiger partial charge is 0.376 e. The standard InChI is InChI=1S/C14H14BrNO4.C14H15NO5.CH4/c1-3-19-14(17)12-11(8-15)16-13(20-12)9-4-6-10(18-2)7-5-9;1-3-19-14(17)12-11(8-16)15-13(20-12)9-4-6-10(18-2)7-5-9;/h4-7H,3,8H2,1-2H3;4-7,16H,3,8H2,1-2H3;1H4. The van der Waals surface area contributed by atoms with Gasteiger partial charge in [-0.05, 0) is 62.4 Å². The molecule has 2 heterocycles. The van der Waals surface area contributed by atoms with Crippen LogP contribution in [0.2, 0.25) is 0 Å². The van der Waals surface area contributed by atoms with Crippen LogP contribution >= 0.6 is 15.9 Å². The minimum atomic E-state index is -0.635. The number of aliphatic hydroxyl groups is 1. The number of esters is 2. The normalized spacial score (nSPS) is 10.1. The second-order valence-electron chi connectivity index (χ2n) is 7.78. The second-order valence-corrected chi connectivity index (χ2v) is 8.34. The average Bonchev–Trinajstić information content (AvgIpc) is 3.63. The quantitative estimate of drug-likeness (QED) is 0.160. The van der Waals surface area contributed by atoms with E-state index in [1.165, 1.54) is 0 Å². The van der Waals surface area contributed by atoms with Gasteiger partial charge in [-0.25, -0.2) is 19.6 Å². The molecule has 0 atom stereocenters. The molecule has 0 amide bonds. The van der Waals surface area contributed by atoms with E-state index in [1.807, 2.05) is 12.1 Å². The van der Waals surface area contributed by atoms with Crippen LogP contribution in [-0.2, 0) is 21.4 Å². The summed E-state index contributed by atoms with van der Waals surface area (Å²) in [5.41, 5.74) is 2.13. The second kappa shape index (κ2) is 16.2. The van der Waals surface area contributed by atoms with E-state index < -0.39 is 18.5 Å². The Morgan fingerprint density at radius 2 is 1.15 bits per heavy atom. The van der Waals surface area contributed by atoms with Gasteiger partial charge in [-0.15, -0.1) is 0 Å². The highest BCUT2D eigenvalue weighted by Gasteiger charge is 2.22. The molecular weight excluding hydrogens is 600 g/mol. The van der Waals surface area contributed by atoms with Gasteiger partial charge >= 0.3 is 11.9 Å². The summed E-state index contributed by atoms with van der Waals surface area (Å²) < 4.78 is 30.9. The van der Waals surface area contributed by atoms with Crippen molar-refractivity contribution in [1.82, 2.24) is 9.97 Å². The highest BCUT2D eigenvalue weighted by atomic mass is 79.9. The number of aromatic nitrogens is 2. The van der Waals surface area contributed by atoms with Crippen molar-refractivity contribution < 1.29 is 42.5 Å². The van der Waals surface area contributed by atoms with Crippen molar-refractivity contribution in [3.63, 3.8) is 0 Å². The third kappa shape index (κ3) is 8.41. The summed E-state index contributed by atoms with van der Waals surface area (Å²) >= 11 is 3.29. The molecular formula is C29H33BrN2O9. The molecule has 0 bridgehead atoms. The topological polar surface area (TPSA) is 143 Å². The van der Waals surface area contributed by atoms with Crippen LogP contribution in [-0.4, -0.2) is 54.4 Å². The molecule has 220 valence electrons. The lowest BCUT2D eigenvalue weighted by Crippen LogP contribution is -2.06. The molecule has 0 aliphatic rings. The zero-order valence-electron chi connectivity index (χ0n) is 22.4. The molecule has 0 spiro atoms. The van der Waals surface area contributed by atoms with Crippen LogP contribution in [0.1, 0.15) is 53.8 Å². The van der Waals surface area contributed by atoms with Crippen LogP contribution < -0.4 is 9.47 Å². The molecule has 0 aliphatic carbocycles. The number of oxazole rings is 2. The summed E-state index contributed by atoms with van der Waals surface area (Å²) in [4.78, 5) is 31.9. The molecule has 0 saturated heterocycles. The van der Waals surface area contributed by atoms with Gasteiger partial charge in [0, 0.05) is 16.5 Å². The van der Waals surface area contributed by atoms with Gasteiger partial charge in [-0.1, -0.05) is 23.4 Å². The van der Waals surface area contributed by atoms with Crippen molar-refractivity contribution in [2.45, 2.75) is 33.2 Å². The third-order valence-electron chi connectivity index (χ3n) is 5.27. The molecule has 4 rings (SSSR count). The minimum absolute atomic E-state index is 0. The monoisotopic (exact) mass is 632 g/mol. The summed E-state index contributed by atoms with van der Waals surface area (Å²) in [6.07, 6.45) is 0. The van der Waals surface area contributed by atoms with Crippen molar-refractivity contribution in [2.75, 3.05) is 27.4 Å². The van der Waals surface area contributed by atoms with Gasteiger partial charge in [0.2, 0.25) is 23.3 Å². The molecule has 2 aromatic carbocycles. The highest BCUT2D eigenvalue weighted by Crippen LogP contribution is 2.26. The van der Waals surface area contributed by atoms with Crippen LogP contribution in [0.5, 0.6) is 11.5 Å². The summed E-state index contributed by atoms with van der Waals surface area (Å²) in [6, 6.07) is 14.2. The van der Waals surface area contributed by atoms with Gasteiger partial charge in [-0.3, -0.25) is 0 Å². The van der Waals surface area contributed by atoms with E-state index in [2.05, 4.69) is 25.9 Å². The number of alkyl halides is 1. The molecule has 11 nitrogen and oxygen atoms in total. The van der Waals surface area contributed by atoms with Crippen LogP contribution in [0.3, 0.4) is 0 Å². The fourth-order valence-corrected chi connectivity index (χ4v) is 3.71. The number of carbonyl (C=O) groups is 2. The zero-order chi connectivity index (χ0) is 29.1. The Balaban J connectivity index is 0.000000280. The minimum Gasteiger partial charge on any atom is -0.497 e. The van der Waals surface area contributed by atoms with Gasteiger partial charge in [0.15, 0.2) is 0 Å². The van der Waals surface area contributed by atoms with E-state index in [9.17, 15) is 14.7 Å². The molecule has 0 fully saturated rings. The van der Waals surface area contributed by atoms with Crippen molar-refractivity contribution in [2.24, 2.45) is 0 Å². The maximum atomic E-state index is 11.8. The van der Waals surface area contributed by atoms with Gasteiger partial charge in [0.1, 0.15) is 22.9 Å². The Labute approximate surface area is 246 Å². The molecule has 0 saturated carbocycles. The van der Waals surface area contributed by atoms with Crippen LogP contribution in [0, 0.1) is 0 Å². The van der Waals surface area contributed by atoms with Gasteiger partial charge in [0.05, 0.1) is 34.0 Å². The van der Waals surface area contributed by atoms with E-state index in [4.69, 9.17) is 27.8 Å². The predicted molar refractivity (Wildman–Crippen MR) is 154 cm³/mol. The number of carbonyl (C=O) groups excluding carboxylic acids is 2. The van der Waals surface area contributed by atoms with E-state index in [0.29, 0.717) is 34.8 Å². The number of ether oxygens (including phenoxy) is 4. The third-order valence-corrected chi connectivity index (χ3v) is 5.80. The number of rotatable bonds is 10.